The SMILES string of the molecule is c1ccc(C2(c3ccccc3)c3ccc(N(c4ccc5ccccc5c4)c4cc5ccccc5c5ccccc45)cc3-c3c2ccc2c3sc3ccccc32)cc1. The molecule has 0 radical (unpaired) electrons. The van der Waals surface area contributed by atoms with Gasteiger partial charge in [-0.1, -0.05) is 176 Å². The van der Waals surface area contributed by atoms with E-state index in [9.17, 15) is 0 Å². The molecular formula is C55H35NS. The molecule has 0 unspecified atom stereocenters. The van der Waals surface area contributed by atoms with Gasteiger partial charge in [0.1, 0.15) is 0 Å². The van der Waals surface area contributed by atoms with E-state index in [4.69, 9.17) is 0 Å². The van der Waals surface area contributed by atoms with Gasteiger partial charge in [0.05, 0.1) is 11.1 Å². The van der Waals surface area contributed by atoms with Crippen molar-refractivity contribution >= 4 is 80.9 Å². The monoisotopic (exact) mass is 741 g/mol. The Bertz CT molecular complexity index is 3320. The molecule has 266 valence electrons. The average molecular weight is 742 g/mol. The van der Waals surface area contributed by atoms with Gasteiger partial charge in [0.2, 0.25) is 0 Å². The number of nitrogens with zero attached hydrogens (tertiary/aromatic N) is 1. The van der Waals surface area contributed by atoms with Crippen LogP contribution in [0.15, 0.2) is 212 Å². The van der Waals surface area contributed by atoms with E-state index in [2.05, 4.69) is 217 Å². The number of rotatable bonds is 5. The molecular weight excluding hydrogens is 707 g/mol. The van der Waals surface area contributed by atoms with Crippen molar-refractivity contribution in [2.45, 2.75) is 5.41 Å². The molecule has 1 aliphatic rings. The highest BCUT2D eigenvalue weighted by atomic mass is 32.1. The molecule has 0 N–H and O–H groups in total. The number of anilines is 3. The molecule has 11 aromatic rings. The minimum Gasteiger partial charge on any atom is -0.310 e. The van der Waals surface area contributed by atoms with Crippen LogP contribution >= 0.6 is 11.3 Å². The zero-order chi connectivity index (χ0) is 37.5. The molecule has 0 amide bonds. The maximum atomic E-state index is 2.50. The minimum atomic E-state index is -0.500. The van der Waals surface area contributed by atoms with Gasteiger partial charge in [0, 0.05) is 42.5 Å². The Morgan fingerprint density at radius 1 is 0.368 bits per heavy atom. The van der Waals surface area contributed by atoms with Crippen molar-refractivity contribution < 1.29 is 0 Å². The summed E-state index contributed by atoms with van der Waals surface area (Å²) in [5, 5.41) is 10.0. The van der Waals surface area contributed by atoms with Crippen molar-refractivity contribution in [2.75, 3.05) is 4.90 Å². The van der Waals surface area contributed by atoms with Crippen molar-refractivity contribution in [3.05, 3.63) is 235 Å². The smallest absolute Gasteiger partial charge is 0.0714 e. The maximum Gasteiger partial charge on any atom is 0.0714 e. The molecule has 12 rings (SSSR count). The van der Waals surface area contributed by atoms with E-state index >= 15 is 0 Å². The van der Waals surface area contributed by atoms with Gasteiger partial charge in [-0.3, -0.25) is 0 Å². The van der Waals surface area contributed by atoms with Crippen LogP contribution in [0.3, 0.4) is 0 Å². The van der Waals surface area contributed by atoms with E-state index in [0.29, 0.717) is 0 Å². The zero-order valence-corrected chi connectivity index (χ0v) is 31.9. The Morgan fingerprint density at radius 3 is 1.72 bits per heavy atom. The zero-order valence-electron chi connectivity index (χ0n) is 31.1. The summed E-state index contributed by atoms with van der Waals surface area (Å²) in [6.07, 6.45) is 0. The Labute approximate surface area is 335 Å². The second-order valence-corrected chi connectivity index (χ2v) is 16.3. The molecule has 0 saturated carbocycles. The van der Waals surface area contributed by atoms with Crippen molar-refractivity contribution in [1.82, 2.24) is 0 Å². The fourth-order valence-corrected chi connectivity index (χ4v) is 11.1. The number of benzene rings is 10. The third-order valence-corrected chi connectivity index (χ3v) is 13.5. The van der Waals surface area contributed by atoms with Crippen molar-refractivity contribution in [3.63, 3.8) is 0 Å². The summed E-state index contributed by atoms with van der Waals surface area (Å²) in [5.41, 5.74) is 10.7. The summed E-state index contributed by atoms with van der Waals surface area (Å²) in [6.45, 7) is 0. The number of hydrogen-bond donors (Lipinski definition) is 0. The lowest BCUT2D eigenvalue weighted by Gasteiger charge is -2.34. The predicted octanol–water partition coefficient (Wildman–Crippen LogP) is 15.3. The molecule has 0 bridgehead atoms. The quantitative estimate of drug-likeness (QED) is 0.159. The number of hydrogen-bond acceptors (Lipinski definition) is 2. The highest BCUT2D eigenvalue weighted by molar-refractivity contribution is 7.26. The first-order chi connectivity index (χ1) is 28.3. The highest BCUT2D eigenvalue weighted by Crippen LogP contribution is 2.60. The van der Waals surface area contributed by atoms with E-state index in [0.717, 1.165) is 17.1 Å². The third kappa shape index (κ3) is 4.68. The average Bonchev–Trinajstić information content (AvgIpc) is 3.81. The molecule has 1 aromatic heterocycles. The fraction of sp³-hybridized carbons (Fsp3) is 0.0182. The van der Waals surface area contributed by atoms with Gasteiger partial charge in [-0.15, -0.1) is 11.3 Å². The van der Waals surface area contributed by atoms with Crippen LogP contribution in [0.2, 0.25) is 0 Å². The second-order valence-electron chi connectivity index (χ2n) is 15.2. The molecule has 0 saturated heterocycles. The largest absolute Gasteiger partial charge is 0.310 e. The molecule has 1 nitrogen and oxygen atoms in total. The van der Waals surface area contributed by atoms with E-state index < -0.39 is 5.41 Å². The van der Waals surface area contributed by atoms with Gasteiger partial charge in [0.15, 0.2) is 0 Å². The Morgan fingerprint density at radius 2 is 0.947 bits per heavy atom. The molecule has 1 aliphatic carbocycles. The first kappa shape index (κ1) is 32.3. The van der Waals surface area contributed by atoms with Crippen LogP contribution in [0.5, 0.6) is 0 Å². The van der Waals surface area contributed by atoms with E-state index in [1.807, 2.05) is 11.3 Å². The van der Waals surface area contributed by atoms with Crippen molar-refractivity contribution in [1.29, 1.82) is 0 Å². The molecule has 0 fully saturated rings. The lowest BCUT2D eigenvalue weighted by Crippen LogP contribution is -2.28. The van der Waals surface area contributed by atoms with Gasteiger partial charge in [-0.2, -0.15) is 0 Å². The van der Waals surface area contributed by atoms with Crippen LogP contribution < -0.4 is 4.90 Å². The molecule has 0 atom stereocenters. The molecule has 1 heterocycles. The molecule has 10 aromatic carbocycles. The summed E-state index contributed by atoms with van der Waals surface area (Å²) >= 11 is 1.92. The van der Waals surface area contributed by atoms with Crippen LogP contribution in [0.25, 0.3) is 63.6 Å². The minimum absolute atomic E-state index is 0.500. The Kier molecular flexibility index (Phi) is 7.08. The maximum absolute atomic E-state index is 2.50. The van der Waals surface area contributed by atoms with Crippen LogP contribution in [0.4, 0.5) is 17.1 Å². The summed E-state index contributed by atoms with van der Waals surface area (Å²) < 4.78 is 2.66. The summed E-state index contributed by atoms with van der Waals surface area (Å²) in [4.78, 5) is 2.50. The van der Waals surface area contributed by atoms with Crippen LogP contribution in [0.1, 0.15) is 22.3 Å². The molecule has 2 heteroatoms. The predicted molar refractivity (Wildman–Crippen MR) is 244 cm³/mol. The van der Waals surface area contributed by atoms with Crippen LogP contribution in [-0.4, -0.2) is 0 Å². The van der Waals surface area contributed by atoms with E-state index in [-0.39, 0.29) is 0 Å². The van der Waals surface area contributed by atoms with Gasteiger partial charge < -0.3 is 4.90 Å². The van der Waals surface area contributed by atoms with Crippen LogP contribution in [0, 0.1) is 0 Å². The topological polar surface area (TPSA) is 3.24 Å². The molecule has 0 aliphatic heterocycles. The highest BCUT2D eigenvalue weighted by Gasteiger charge is 2.47. The van der Waals surface area contributed by atoms with Crippen molar-refractivity contribution in [3.8, 4) is 11.1 Å². The van der Waals surface area contributed by atoms with Gasteiger partial charge >= 0.3 is 0 Å². The van der Waals surface area contributed by atoms with E-state index in [1.54, 1.807) is 0 Å². The normalized spacial score (nSPS) is 13.1. The molecule has 57 heavy (non-hydrogen) atoms. The number of fused-ring (bicyclic) bond motifs is 11. The lowest BCUT2D eigenvalue weighted by atomic mass is 9.67. The van der Waals surface area contributed by atoms with Gasteiger partial charge in [-0.25, -0.2) is 0 Å². The first-order valence-corrected chi connectivity index (χ1v) is 20.5. The Hall–Kier alpha value is -7.00. The lowest BCUT2D eigenvalue weighted by molar-refractivity contribution is 0.769. The molecule has 0 spiro atoms. The fourth-order valence-electron chi connectivity index (χ4n) is 9.85. The van der Waals surface area contributed by atoms with Crippen molar-refractivity contribution in [2.24, 2.45) is 0 Å². The standard InChI is InChI=1S/C55H35NS/c1-3-18-39(19-4-1)55(40-20-5-2-6-21-40)49-31-29-42(35-48(49)53-50(55)32-30-47-46-25-13-14-26-52(46)57-54(47)53)56(41-28-27-36-15-7-8-16-37(36)33-41)51-34-38-17-9-10-22-43(38)44-23-11-12-24-45(44)51/h1-35H. The van der Waals surface area contributed by atoms with Gasteiger partial charge in [-0.05, 0) is 91.1 Å². The van der Waals surface area contributed by atoms with Gasteiger partial charge in [0.25, 0.3) is 0 Å². The third-order valence-electron chi connectivity index (χ3n) is 12.3. The first-order valence-electron chi connectivity index (χ1n) is 19.7. The number of thiophene rings is 1. The van der Waals surface area contributed by atoms with Crippen LogP contribution in [-0.2, 0) is 5.41 Å². The summed E-state index contributed by atoms with van der Waals surface area (Å²) in [5.74, 6) is 0. The van der Waals surface area contributed by atoms with E-state index in [1.165, 1.54) is 85.9 Å². The Balaban J connectivity index is 1.21. The second kappa shape index (κ2) is 12.5. The summed E-state index contributed by atoms with van der Waals surface area (Å²) in [7, 11) is 0. The summed E-state index contributed by atoms with van der Waals surface area (Å²) in [6, 6.07) is 78.9.